The summed E-state index contributed by atoms with van der Waals surface area (Å²) in [5, 5.41) is 0. The van der Waals surface area contributed by atoms with Gasteiger partial charge in [0.2, 0.25) is 0 Å². The maximum atomic E-state index is 12.0. The lowest BCUT2D eigenvalue weighted by molar-refractivity contribution is -0.157. The zero-order valence-electron chi connectivity index (χ0n) is 17.2. The number of rotatable bonds is 7. The van der Waals surface area contributed by atoms with Gasteiger partial charge in [-0.25, -0.2) is 8.42 Å². The summed E-state index contributed by atoms with van der Waals surface area (Å²) in [7, 11) is -3.19. The zero-order chi connectivity index (χ0) is 20.9. The molecule has 0 aliphatic carbocycles. The lowest BCUT2D eigenvalue weighted by Gasteiger charge is -2.33. The first-order valence-electron chi connectivity index (χ1n) is 9.58. The minimum atomic E-state index is -3.19. The monoisotopic (exact) mass is 412 g/mol. The summed E-state index contributed by atoms with van der Waals surface area (Å²) in [4.78, 5) is 14.5. The number of carbonyl (C=O) groups is 1. The quantitative estimate of drug-likeness (QED) is 0.682. The summed E-state index contributed by atoms with van der Waals surface area (Å²) in [5.74, 6) is 0.723. The highest BCUT2D eigenvalue weighted by Crippen LogP contribution is 2.21. The summed E-state index contributed by atoms with van der Waals surface area (Å²) in [6, 6.07) is 5.85. The van der Waals surface area contributed by atoms with E-state index < -0.39 is 21.5 Å². The van der Waals surface area contributed by atoms with Crippen LogP contribution in [0.5, 0.6) is 5.75 Å². The molecule has 2 N–H and O–H groups in total. The predicted octanol–water partition coefficient (Wildman–Crippen LogP) is 1.85. The number of ether oxygens (including phenoxy) is 2. The van der Waals surface area contributed by atoms with Gasteiger partial charge in [0.25, 0.3) is 0 Å². The van der Waals surface area contributed by atoms with E-state index in [2.05, 4.69) is 4.90 Å². The molecule has 1 aromatic rings. The average molecular weight is 413 g/mol. The average Bonchev–Trinajstić information content (AvgIpc) is 2.59. The summed E-state index contributed by atoms with van der Waals surface area (Å²) in [6.45, 7) is 8.29. The lowest BCUT2D eigenvalue weighted by atomic mass is 9.97. The highest BCUT2D eigenvalue weighted by atomic mass is 32.2. The summed E-state index contributed by atoms with van der Waals surface area (Å²) >= 11 is 0. The second-order valence-electron chi connectivity index (χ2n) is 8.44. The van der Waals surface area contributed by atoms with Crippen LogP contribution in [0.4, 0.5) is 0 Å². The van der Waals surface area contributed by atoms with Gasteiger partial charge in [-0.1, -0.05) is 0 Å². The molecule has 0 saturated carbocycles. The van der Waals surface area contributed by atoms with Gasteiger partial charge in [-0.15, -0.1) is 0 Å². The van der Waals surface area contributed by atoms with Gasteiger partial charge in [-0.3, -0.25) is 4.79 Å². The predicted molar refractivity (Wildman–Crippen MR) is 108 cm³/mol. The van der Waals surface area contributed by atoms with E-state index >= 15 is 0 Å². The van der Waals surface area contributed by atoms with Gasteiger partial charge in [0.05, 0.1) is 11.5 Å². The van der Waals surface area contributed by atoms with Crippen LogP contribution in [0, 0.1) is 5.92 Å². The molecule has 1 aliphatic rings. The molecule has 0 amide bonds. The first-order valence-corrected chi connectivity index (χ1v) is 11.5. The number of piperidine rings is 1. The van der Waals surface area contributed by atoms with Crippen LogP contribution in [0.1, 0.15) is 33.6 Å². The van der Waals surface area contributed by atoms with Crippen LogP contribution < -0.4 is 10.5 Å². The van der Waals surface area contributed by atoms with E-state index in [1.54, 1.807) is 24.3 Å². The Bertz CT molecular complexity index is 748. The summed E-state index contributed by atoms with van der Waals surface area (Å²) in [5.41, 5.74) is 5.45. The number of likely N-dealkylation sites (tertiary alicyclic amines) is 1. The number of benzene rings is 1. The Morgan fingerprint density at radius 3 is 2.29 bits per heavy atom. The third-order valence-corrected chi connectivity index (χ3v) is 5.74. The van der Waals surface area contributed by atoms with Crippen LogP contribution >= 0.6 is 0 Å². The van der Waals surface area contributed by atoms with Gasteiger partial charge in [0, 0.05) is 12.8 Å². The highest BCUT2D eigenvalue weighted by molar-refractivity contribution is 7.90. The van der Waals surface area contributed by atoms with Crippen LogP contribution in [0.3, 0.4) is 0 Å². The number of nitrogens with zero attached hydrogens (tertiary/aromatic N) is 1. The van der Waals surface area contributed by atoms with Gasteiger partial charge in [-0.2, -0.15) is 0 Å². The standard InChI is InChI=1S/C20H32N2O5S/c1-20(2,3)27-19(23)18(21)13-22-11-9-15(10-12-22)14-26-16-5-7-17(8-6-16)28(4,24)25/h5-8,15,18H,9-14,21H2,1-4H3. The van der Waals surface area contributed by atoms with Crippen molar-refractivity contribution in [2.24, 2.45) is 11.7 Å². The van der Waals surface area contributed by atoms with E-state index in [9.17, 15) is 13.2 Å². The maximum Gasteiger partial charge on any atom is 0.324 e. The Morgan fingerprint density at radius 2 is 1.79 bits per heavy atom. The van der Waals surface area contributed by atoms with E-state index in [0.717, 1.165) is 25.9 Å². The fraction of sp³-hybridized carbons (Fsp3) is 0.650. The molecule has 0 bridgehead atoms. The van der Waals surface area contributed by atoms with Gasteiger partial charge in [-0.05, 0) is 76.9 Å². The van der Waals surface area contributed by atoms with E-state index in [4.69, 9.17) is 15.2 Å². The van der Waals surface area contributed by atoms with Gasteiger partial charge in [0.1, 0.15) is 17.4 Å². The first-order chi connectivity index (χ1) is 12.9. The molecular weight excluding hydrogens is 380 g/mol. The molecule has 7 nitrogen and oxygen atoms in total. The minimum Gasteiger partial charge on any atom is -0.493 e. The van der Waals surface area contributed by atoms with Crippen molar-refractivity contribution in [3.8, 4) is 5.75 Å². The number of hydrogen-bond acceptors (Lipinski definition) is 7. The third kappa shape index (κ3) is 7.41. The van der Waals surface area contributed by atoms with Crippen LogP contribution in [0.15, 0.2) is 29.2 Å². The normalized spacial score (nSPS) is 17.9. The number of hydrogen-bond donors (Lipinski definition) is 1. The van der Waals surface area contributed by atoms with Gasteiger partial charge < -0.3 is 20.1 Å². The topological polar surface area (TPSA) is 98.9 Å². The largest absolute Gasteiger partial charge is 0.493 e. The van der Waals surface area contributed by atoms with Crippen LogP contribution in [-0.4, -0.2) is 63.4 Å². The van der Waals surface area contributed by atoms with Crippen molar-refractivity contribution >= 4 is 15.8 Å². The molecule has 0 spiro atoms. The summed E-state index contributed by atoms with van der Waals surface area (Å²) in [6.07, 6.45) is 3.11. The van der Waals surface area contributed by atoms with Crippen LogP contribution in [-0.2, 0) is 19.4 Å². The molecule has 158 valence electrons. The van der Waals surface area contributed by atoms with Crippen molar-refractivity contribution in [1.82, 2.24) is 4.90 Å². The third-order valence-electron chi connectivity index (χ3n) is 4.61. The van der Waals surface area contributed by atoms with Crippen LogP contribution in [0.25, 0.3) is 0 Å². The van der Waals surface area contributed by atoms with Crippen LogP contribution in [0.2, 0.25) is 0 Å². The maximum absolute atomic E-state index is 12.0. The second kappa shape index (κ2) is 9.24. The molecule has 1 heterocycles. The Kier molecular flexibility index (Phi) is 7.47. The van der Waals surface area contributed by atoms with Crippen molar-refractivity contribution in [2.75, 3.05) is 32.5 Å². The molecule has 1 aliphatic heterocycles. The van der Waals surface area contributed by atoms with Crippen molar-refractivity contribution in [3.63, 3.8) is 0 Å². The molecule has 1 fully saturated rings. The molecule has 2 rings (SSSR count). The summed E-state index contributed by atoms with van der Waals surface area (Å²) < 4.78 is 34.1. The minimum absolute atomic E-state index is 0.287. The number of esters is 1. The Morgan fingerprint density at radius 1 is 1.21 bits per heavy atom. The molecule has 1 atom stereocenters. The zero-order valence-corrected chi connectivity index (χ0v) is 18.0. The number of carbonyl (C=O) groups excluding carboxylic acids is 1. The molecule has 28 heavy (non-hydrogen) atoms. The van der Waals surface area contributed by atoms with Crippen molar-refractivity contribution < 1.29 is 22.7 Å². The molecule has 0 aromatic heterocycles. The smallest absolute Gasteiger partial charge is 0.324 e. The van der Waals surface area contributed by atoms with Gasteiger partial charge >= 0.3 is 5.97 Å². The second-order valence-corrected chi connectivity index (χ2v) is 10.5. The number of sulfone groups is 1. The van der Waals surface area contributed by atoms with Crippen molar-refractivity contribution in [1.29, 1.82) is 0 Å². The fourth-order valence-corrected chi connectivity index (χ4v) is 3.69. The molecule has 1 saturated heterocycles. The Balaban J connectivity index is 1.73. The van der Waals surface area contributed by atoms with E-state index in [0.29, 0.717) is 24.8 Å². The van der Waals surface area contributed by atoms with Crippen molar-refractivity contribution in [2.45, 2.75) is 50.2 Å². The molecule has 1 aromatic carbocycles. The molecule has 1 unspecified atom stereocenters. The molecule has 0 radical (unpaired) electrons. The SMILES string of the molecule is CC(C)(C)OC(=O)C(N)CN1CCC(COc2ccc(S(C)(=O)=O)cc2)CC1. The van der Waals surface area contributed by atoms with E-state index in [1.165, 1.54) is 6.26 Å². The number of nitrogens with two attached hydrogens (primary N) is 1. The Hall–Kier alpha value is -1.64. The van der Waals surface area contributed by atoms with Crippen molar-refractivity contribution in [3.05, 3.63) is 24.3 Å². The van der Waals surface area contributed by atoms with E-state index in [1.807, 2.05) is 20.8 Å². The fourth-order valence-electron chi connectivity index (χ4n) is 3.06. The molecular formula is C20H32N2O5S. The molecule has 8 heteroatoms. The lowest BCUT2D eigenvalue weighted by Crippen LogP contribution is -2.48. The first kappa shape index (κ1) is 22.6. The highest BCUT2D eigenvalue weighted by Gasteiger charge is 2.26. The Labute approximate surface area is 168 Å². The van der Waals surface area contributed by atoms with Gasteiger partial charge in [0.15, 0.2) is 9.84 Å². The van der Waals surface area contributed by atoms with E-state index in [-0.39, 0.29) is 10.9 Å².